The predicted octanol–water partition coefficient (Wildman–Crippen LogP) is 3.47. The van der Waals surface area contributed by atoms with Gasteiger partial charge in [-0.15, -0.1) is 4.33 Å². The molecule has 0 saturated carbocycles. The summed E-state index contributed by atoms with van der Waals surface area (Å²) in [4.78, 5) is 0. The van der Waals surface area contributed by atoms with E-state index in [1.165, 1.54) is 0 Å². The fourth-order valence-electron chi connectivity index (χ4n) is 2.06. The highest BCUT2D eigenvalue weighted by molar-refractivity contribution is 7.95. The van der Waals surface area contributed by atoms with E-state index in [0.29, 0.717) is 12.8 Å². The van der Waals surface area contributed by atoms with Crippen molar-refractivity contribution in [1.82, 2.24) is 4.31 Å². The van der Waals surface area contributed by atoms with Crippen LogP contribution in [0.25, 0.3) is 0 Å². The molecule has 0 aliphatic carbocycles. The lowest BCUT2D eigenvalue weighted by molar-refractivity contribution is -0.434. The van der Waals surface area contributed by atoms with Gasteiger partial charge in [-0.25, -0.2) is 13.7 Å². The third kappa shape index (κ3) is 4.09. The molecule has 1 fully saturated rings. The summed E-state index contributed by atoms with van der Waals surface area (Å²) in [7, 11) is -6.07. The van der Waals surface area contributed by atoms with Crippen LogP contribution in [0.2, 0.25) is 0 Å². The van der Waals surface area contributed by atoms with Gasteiger partial charge in [0.15, 0.2) is 0 Å². The average Bonchev–Trinajstić information content (AvgIpc) is 2.43. The van der Waals surface area contributed by atoms with E-state index in [1.807, 2.05) is 0 Å². The van der Waals surface area contributed by atoms with Gasteiger partial charge in [0.1, 0.15) is 12.0 Å². The first-order valence-electron chi connectivity index (χ1n) is 6.71. The minimum atomic E-state index is -6.33. The van der Waals surface area contributed by atoms with Gasteiger partial charge < -0.3 is 0 Å². The minimum absolute atomic E-state index is 0.101. The summed E-state index contributed by atoms with van der Waals surface area (Å²) in [5, 5.41) is -1.45. The number of alkyl halides is 6. The summed E-state index contributed by atoms with van der Waals surface area (Å²) in [6.45, 7) is -0.939. The molecule has 1 rings (SSSR count). The molecule has 0 aromatic carbocycles. The molecular formula is C10H15F6NO5S2. The standard InChI is InChI=1S/C10H15F6NO5S2/c11-8(12,9(13,14)23-22-21-18)10(15,16)24(19,20)17-6-4-2-1-3-5-7-17/h18H,1-7H2. The summed E-state index contributed by atoms with van der Waals surface area (Å²) in [6.07, 6.45) is 2.03. The first-order chi connectivity index (χ1) is 10.9. The SMILES string of the molecule is O=S(=O)(N1CCCCCCC1)C(F)(F)C(F)(F)C(F)(F)SOOO. The highest BCUT2D eigenvalue weighted by Gasteiger charge is 2.79. The van der Waals surface area contributed by atoms with Gasteiger partial charge in [0.2, 0.25) is 0 Å². The zero-order valence-corrected chi connectivity index (χ0v) is 13.7. The summed E-state index contributed by atoms with van der Waals surface area (Å²) in [5.74, 6) is -6.33. The van der Waals surface area contributed by atoms with Crippen LogP contribution in [0.1, 0.15) is 32.1 Å². The van der Waals surface area contributed by atoms with E-state index >= 15 is 0 Å². The van der Waals surface area contributed by atoms with Crippen LogP contribution in [0.15, 0.2) is 0 Å². The number of halogens is 6. The molecule has 0 spiro atoms. The second kappa shape index (κ2) is 7.95. The molecule has 1 saturated heterocycles. The van der Waals surface area contributed by atoms with E-state index in [-0.39, 0.29) is 17.1 Å². The molecule has 1 aliphatic heterocycles. The fourth-order valence-corrected chi connectivity index (χ4v) is 3.99. The Labute approximate surface area is 138 Å². The van der Waals surface area contributed by atoms with E-state index in [2.05, 4.69) is 9.37 Å². The van der Waals surface area contributed by atoms with E-state index in [0.717, 1.165) is 6.42 Å². The van der Waals surface area contributed by atoms with E-state index < -0.39 is 51.6 Å². The van der Waals surface area contributed by atoms with Crippen molar-refractivity contribution in [3.63, 3.8) is 0 Å². The van der Waals surface area contributed by atoms with Gasteiger partial charge in [0.05, 0.1) is 0 Å². The maximum atomic E-state index is 13.9. The second-order valence-electron chi connectivity index (χ2n) is 5.01. The lowest BCUT2D eigenvalue weighted by atomic mass is 10.1. The van der Waals surface area contributed by atoms with Crippen LogP contribution in [0.3, 0.4) is 0 Å². The Hall–Kier alpha value is -0.280. The number of sulfonamides is 1. The first-order valence-corrected chi connectivity index (χ1v) is 8.89. The van der Waals surface area contributed by atoms with Gasteiger partial charge in [0, 0.05) is 13.1 Å². The summed E-state index contributed by atoms with van der Waals surface area (Å²) < 4.78 is 108. The number of rotatable bonds is 7. The third-order valence-corrected chi connectivity index (χ3v) is 5.92. The molecule has 6 nitrogen and oxygen atoms in total. The maximum Gasteiger partial charge on any atom is 0.428 e. The predicted molar refractivity (Wildman–Crippen MR) is 70.8 cm³/mol. The summed E-state index contributed by atoms with van der Waals surface area (Å²) in [6, 6.07) is 0. The average molecular weight is 407 g/mol. The van der Waals surface area contributed by atoms with Gasteiger partial charge >= 0.3 is 16.4 Å². The van der Waals surface area contributed by atoms with Crippen molar-refractivity contribution in [2.75, 3.05) is 13.1 Å². The Balaban J connectivity index is 3.13. The van der Waals surface area contributed by atoms with Crippen LogP contribution in [-0.2, 0) is 19.4 Å². The zero-order chi connectivity index (χ0) is 18.6. The highest BCUT2D eigenvalue weighted by Crippen LogP contribution is 2.54. The number of hydrogen-bond acceptors (Lipinski definition) is 6. The summed E-state index contributed by atoms with van der Waals surface area (Å²) >= 11 is -1.64. The molecule has 0 radical (unpaired) electrons. The lowest BCUT2D eigenvalue weighted by Crippen LogP contribution is -2.60. The van der Waals surface area contributed by atoms with Crippen LogP contribution >= 0.6 is 12.0 Å². The van der Waals surface area contributed by atoms with Gasteiger partial charge in [0.25, 0.3) is 10.0 Å². The van der Waals surface area contributed by atoms with Crippen molar-refractivity contribution in [3.05, 3.63) is 0 Å². The minimum Gasteiger partial charge on any atom is -0.220 e. The largest absolute Gasteiger partial charge is 0.428 e. The van der Waals surface area contributed by atoms with Crippen molar-refractivity contribution < 1.29 is 49.4 Å². The van der Waals surface area contributed by atoms with Crippen LogP contribution in [0.5, 0.6) is 0 Å². The fraction of sp³-hybridized carbons (Fsp3) is 1.00. The Bertz CT molecular complexity index is 510. The van der Waals surface area contributed by atoms with Crippen molar-refractivity contribution in [2.24, 2.45) is 0 Å². The monoisotopic (exact) mass is 407 g/mol. The van der Waals surface area contributed by atoms with Crippen molar-refractivity contribution >= 4 is 22.1 Å². The smallest absolute Gasteiger partial charge is 0.220 e. The van der Waals surface area contributed by atoms with E-state index in [4.69, 9.17) is 5.26 Å². The molecule has 24 heavy (non-hydrogen) atoms. The molecule has 0 unspecified atom stereocenters. The number of hydrogen-bond donors (Lipinski definition) is 1. The topological polar surface area (TPSA) is 76.1 Å². The maximum absolute atomic E-state index is 13.9. The Morgan fingerprint density at radius 3 is 1.83 bits per heavy atom. The molecule has 1 heterocycles. The molecule has 1 aliphatic rings. The highest BCUT2D eigenvalue weighted by atomic mass is 32.2. The Morgan fingerprint density at radius 2 is 1.38 bits per heavy atom. The van der Waals surface area contributed by atoms with Crippen LogP contribution in [0.4, 0.5) is 26.3 Å². The molecule has 1 N–H and O–H groups in total. The Kier molecular flexibility index (Phi) is 7.21. The first kappa shape index (κ1) is 21.8. The molecule has 0 bridgehead atoms. The number of nitrogens with zero attached hydrogens (tertiary/aromatic N) is 1. The normalized spacial score (nSPS) is 19.8. The molecule has 0 aromatic heterocycles. The van der Waals surface area contributed by atoms with Crippen molar-refractivity contribution in [3.8, 4) is 0 Å². The van der Waals surface area contributed by atoms with Gasteiger partial charge in [-0.1, -0.05) is 24.3 Å². The van der Waals surface area contributed by atoms with Crippen LogP contribution in [0, 0.1) is 0 Å². The van der Waals surface area contributed by atoms with E-state index in [9.17, 15) is 34.8 Å². The van der Waals surface area contributed by atoms with Crippen molar-refractivity contribution in [1.29, 1.82) is 0 Å². The second-order valence-corrected chi connectivity index (χ2v) is 7.80. The summed E-state index contributed by atoms with van der Waals surface area (Å²) in [5.41, 5.74) is 0. The van der Waals surface area contributed by atoms with Gasteiger partial charge in [-0.2, -0.15) is 30.6 Å². The van der Waals surface area contributed by atoms with Gasteiger partial charge in [-0.3, -0.25) is 0 Å². The van der Waals surface area contributed by atoms with Crippen LogP contribution < -0.4 is 0 Å². The lowest BCUT2D eigenvalue weighted by Gasteiger charge is -2.34. The van der Waals surface area contributed by atoms with Gasteiger partial charge in [-0.05, 0) is 12.8 Å². The van der Waals surface area contributed by atoms with Crippen LogP contribution in [-0.4, -0.2) is 47.5 Å². The molecule has 144 valence electrons. The quantitative estimate of drug-likeness (QED) is 0.301. The molecule has 0 aromatic rings. The zero-order valence-electron chi connectivity index (χ0n) is 12.1. The third-order valence-electron chi connectivity index (χ3n) is 3.38. The van der Waals surface area contributed by atoms with Crippen molar-refractivity contribution in [2.45, 2.75) is 48.5 Å². The molecule has 0 amide bonds. The molecule has 14 heteroatoms. The molecule has 0 atom stereocenters. The molecular weight excluding hydrogens is 392 g/mol. The Morgan fingerprint density at radius 1 is 0.917 bits per heavy atom. The van der Waals surface area contributed by atoms with E-state index in [1.54, 1.807) is 0 Å².